The quantitative estimate of drug-likeness (QED) is 0.618. The maximum atomic E-state index is 11.8. The largest absolute Gasteiger partial charge is 0.480 e. The normalized spacial score (nSPS) is 21.3. The molecular formula is C11H15N3O3. The number of hydrogen-bond acceptors (Lipinski definition) is 4. The molecule has 0 unspecified atom stereocenters. The topological polar surface area (TPSA) is 85.4 Å². The van der Waals surface area contributed by atoms with Gasteiger partial charge in [0.15, 0.2) is 5.78 Å². The average Bonchev–Trinajstić information content (AvgIpc) is 2.82. The third kappa shape index (κ3) is 2.92. The number of carbonyl (C=O) groups excluding carboxylic acids is 1. The number of aromatic amines is 1. The number of aliphatic carboxylic acids is 1. The summed E-state index contributed by atoms with van der Waals surface area (Å²) in [7, 11) is 0. The third-order valence-corrected chi connectivity index (χ3v) is 2.82. The molecule has 6 nitrogen and oxygen atoms in total. The molecule has 1 fully saturated rings. The van der Waals surface area contributed by atoms with Crippen LogP contribution in [0, 0.1) is 0 Å². The Kier molecular flexibility index (Phi) is 3.55. The zero-order chi connectivity index (χ0) is 12.3. The summed E-state index contributed by atoms with van der Waals surface area (Å²) in [5.74, 6) is -0.886. The van der Waals surface area contributed by atoms with Gasteiger partial charge in [0.05, 0.1) is 12.2 Å². The van der Waals surface area contributed by atoms with Gasteiger partial charge in [0.2, 0.25) is 0 Å². The highest BCUT2D eigenvalue weighted by molar-refractivity contribution is 5.95. The fourth-order valence-corrected chi connectivity index (χ4v) is 1.91. The highest BCUT2D eigenvalue weighted by Crippen LogP contribution is 2.03. The monoisotopic (exact) mass is 237 g/mol. The van der Waals surface area contributed by atoms with Crippen molar-refractivity contribution in [3.63, 3.8) is 0 Å². The highest BCUT2D eigenvalue weighted by Gasteiger charge is 2.26. The van der Waals surface area contributed by atoms with Gasteiger partial charge in [-0.05, 0) is 12.1 Å². The standard InChI is InChI=1S/C11H15N3O3/c15-10(8-2-1-3-12-8)7-14-5-4-13-9(6-14)11(16)17/h1-3,9,12-13H,4-7H2,(H,16,17)/t9-/m1/s1. The highest BCUT2D eigenvalue weighted by atomic mass is 16.4. The molecule has 17 heavy (non-hydrogen) atoms. The van der Waals surface area contributed by atoms with Crippen LogP contribution in [-0.2, 0) is 4.79 Å². The van der Waals surface area contributed by atoms with Crippen LogP contribution in [0.5, 0.6) is 0 Å². The van der Waals surface area contributed by atoms with E-state index in [2.05, 4.69) is 10.3 Å². The van der Waals surface area contributed by atoms with Crippen LogP contribution in [0.4, 0.5) is 0 Å². The second kappa shape index (κ2) is 5.11. The summed E-state index contributed by atoms with van der Waals surface area (Å²) in [4.78, 5) is 27.4. The lowest BCUT2D eigenvalue weighted by molar-refractivity contribution is -0.140. The van der Waals surface area contributed by atoms with Crippen molar-refractivity contribution < 1.29 is 14.7 Å². The molecular weight excluding hydrogens is 222 g/mol. The lowest BCUT2D eigenvalue weighted by Crippen LogP contribution is -2.55. The predicted molar refractivity (Wildman–Crippen MR) is 61.0 cm³/mol. The number of carbonyl (C=O) groups is 2. The van der Waals surface area contributed by atoms with Crippen molar-refractivity contribution in [2.45, 2.75) is 6.04 Å². The van der Waals surface area contributed by atoms with Gasteiger partial charge < -0.3 is 15.4 Å². The van der Waals surface area contributed by atoms with Gasteiger partial charge in [0.25, 0.3) is 0 Å². The van der Waals surface area contributed by atoms with Crippen molar-refractivity contribution in [2.75, 3.05) is 26.2 Å². The molecule has 1 aliphatic heterocycles. The second-order valence-electron chi connectivity index (χ2n) is 4.09. The van der Waals surface area contributed by atoms with Crippen LogP contribution < -0.4 is 5.32 Å². The van der Waals surface area contributed by atoms with Crippen LogP contribution in [0.2, 0.25) is 0 Å². The zero-order valence-corrected chi connectivity index (χ0v) is 9.35. The maximum absolute atomic E-state index is 11.8. The average molecular weight is 237 g/mol. The number of carboxylic acids is 1. The van der Waals surface area contributed by atoms with E-state index >= 15 is 0 Å². The van der Waals surface area contributed by atoms with E-state index in [0.29, 0.717) is 25.3 Å². The van der Waals surface area contributed by atoms with Crippen LogP contribution in [-0.4, -0.2) is 59.0 Å². The number of nitrogens with zero attached hydrogens (tertiary/aromatic N) is 1. The Balaban J connectivity index is 1.91. The summed E-state index contributed by atoms with van der Waals surface area (Å²) < 4.78 is 0. The molecule has 3 N–H and O–H groups in total. The molecule has 0 saturated carbocycles. The summed E-state index contributed by atoms with van der Waals surface area (Å²) in [5.41, 5.74) is 0.565. The Morgan fingerprint density at radius 3 is 3.00 bits per heavy atom. The van der Waals surface area contributed by atoms with Gasteiger partial charge in [-0.1, -0.05) is 0 Å². The van der Waals surface area contributed by atoms with Gasteiger partial charge in [0.1, 0.15) is 6.04 Å². The minimum Gasteiger partial charge on any atom is -0.480 e. The van der Waals surface area contributed by atoms with E-state index < -0.39 is 12.0 Å². The molecule has 2 rings (SSSR count). The molecule has 0 bridgehead atoms. The van der Waals surface area contributed by atoms with E-state index in [-0.39, 0.29) is 12.3 Å². The first-order valence-corrected chi connectivity index (χ1v) is 5.52. The van der Waals surface area contributed by atoms with E-state index in [1.807, 2.05) is 4.90 Å². The summed E-state index contributed by atoms with van der Waals surface area (Å²) in [6.45, 7) is 1.90. The smallest absolute Gasteiger partial charge is 0.322 e. The van der Waals surface area contributed by atoms with Crippen LogP contribution in [0.25, 0.3) is 0 Å². The van der Waals surface area contributed by atoms with Crippen molar-refractivity contribution in [3.8, 4) is 0 Å². The molecule has 92 valence electrons. The zero-order valence-electron chi connectivity index (χ0n) is 9.35. The summed E-state index contributed by atoms with van der Waals surface area (Å²) >= 11 is 0. The lowest BCUT2D eigenvalue weighted by atomic mass is 10.2. The van der Waals surface area contributed by atoms with E-state index in [1.54, 1.807) is 18.3 Å². The van der Waals surface area contributed by atoms with Crippen molar-refractivity contribution in [1.29, 1.82) is 0 Å². The number of piperazine rings is 1. The Bertz CT molecular complexity index is 402. The van der Waals surface area contributed by atoms with Gasteiger partial charge in [-0.15, -0.1) is 0 Å². The molecule has 1 aromatic heterocycles. The fourth-order valence-electron chi connectivity index (χ4n) is 1.91. The molecule has 0 aromatic carbocycles. The van der Waals surface area contributed by atoms with Gasteiger partial charge >= 0.3 is 5.97 Å². The van der Waals surface area contributed by atoms with Gasteiger partial charge in [-0.2, -0.15) is 0 Å². The molecule has 0 amide bonds. The Labute approximate surface area is 98.6 Å². The van der Waals surface area contributed by atoms with Crippen LogP contribution in [0.3, 0.4) is 0 Å². The molecule has 1 saturated heterocycles. The fraction of sp³-hybridized carbons (Fsp3) is 0.455. The van der Waals surface area contributed by atoms with Crippen molar-refractivity contribution in [2.24, 2.45) is 0 Å². The van der Waals surface area contributed by atoms with Crippen LogP contribution in [0.15, 0.2) is 18.3 Å². The molecule has 0 radical (unpaired) electrons. The van der Waals surface area contributed by atoms with E-state index in [1.165, 1.54) is 0 Å². The van der Waals surface area contributed by atoms with Gasteiger partial charge in [-0.3, -0.25) is 14.5 Å². The number of hydrogen-bond donors (Lipinski definition) is 3. The Morgan fingerprint density at radius 2 is 2.35 bits per heavy atom. The number of aromatic nitrogens is 1. The summed E-state index contributed by atoms with van der Waals surface area (Å²) in [6.07, 6.45) is 1.70. The number of rotatable bonds is 4. The molecule has 6 heteroatoms. The van der Waals surface area contributed by atoms with Crippen molar-refractivity contribution in [1.82, 2.24) is 15.2 Å². The van der Waals surface area contributed by atoms with Crippen molar-refractivity contribution in [3.05, 3.63) is 24.0 Å². The summed E-state index contributed by atoms with van der Waals surface area (Å²) in [5, 5.41) is 11.8. The van der Waals surface area contributed by atoms with E-state index in [0.717, 1.165) is 0 Å². The minimum absolute atomic E-state index is 0.0129. The number of carboxylic acid groups (broad SMARTS) is 1. The van der Waals surface area contributed by atoms with Crippen molar-refractivity contribution >= 4 is 11.8 Å². The summed E-state index contributed by atoms with van der Waals surface area (Å²) in [6, 6.07) is 2.91. The molecule has 1 aromatic rings. The molecule has 0 aliphatic carbocycles. The third-order valence-electron chi connectivity index (χ3n) is 2.82. The number of Topliss-reactive ketones (excluding diaryl/α,β-unsaturated/α-hetero) is 1. The Morgan fingerprint density at radius 1 is 1.53 bits per heavy atom. The Hall–Kier alpha value is -1.66. The predicted octanol–water partition coefficient (Wildman–Crippen LogP) is -0.444. The molecule has 1 aliphatic rings. The number of nitrogens with one attached hydrogen (secondary N) is 2. The first-order chi connectivity index (χ1) is 8.16. The lowest BCUT2D eigenvalue weighted by Gasteiger charge is -2.30. The second-order valence-corrected chi connectivity index (χ2v) is 4.09. The SMILES string of the molecule is O=C(CN1CCN[C@@H](C(=O)O)C1)c1ccc[nH]1. The molecule has 1 atom stereocenters. The molecule has 0 spiro atoms. The van der Waals surface area contributed by atoms with Gasteiger partial charge in [0, 0.05) is 25.8 Å². The molecule has 2 heterocycles. The maximum Gasteiger partial charge on any atom is 0.322 e. The minimum atomic E-state index is -0.873. The number of H-pyrrole nitrogens is 1. The first kappa shape index (κ1) is 11.8. The first-order valence-electron chi connectivity index (χ1n) is 5.52. The van der Waals surface area contributed by atoms with Crippen LogP contribution >= 0.6 is 0 Å². The van der Waals surface area contributed by atoms with Crippen LogP contribution in [0.1, 0.15) is 10.5 Å². The van der Waals surface area contributed by atoms with E-state index in [4.69, 9.17) is 5.11 Å². The van der Waals surface area contributed by atoms with E-state index in [9.17, 15) is 9.59 Å². The van der Waals surface area contributed by atoms with Gasteiger partial charge in [-0.25, -0.2) is 0 Å². The number of ketones is 1.